The van der Waals surface area contributed by atoms with Crippen LogP contribution in [0, 0.1) is 11.8 Å². The maximum Gasteiger partial charge on any atom is 0.227 e. The number of rotatable bonds is 5. The zero-order valence-corrected chi connectivity index (χ0v) is 16.8. The van der Waals surface area contributed by atoms with Crippen molar-refractivity contribution in [1.29, 1.82) is 0 Å². The van der Waals surface area contributed by atoms with E-state index >= 15 is 0 Å². The number of carbonyl (C=O) groups is 2. The van der Waals surface area contributed by atoms with E-state index in [1.54, 1.807) is 0 Å². The molecular weight excluding hydrogens is 362 g/mol. The maximum atomic E-state index is 12.7. The van der Waals surface area contributed by atoms with Gasteiger partial charge in [0.05, 0.1) is 0 Å². The van der Waals surface area contributed by atoms with Gasteiger partial charge in [0.15, 0.2) is 0 Å². The lowest BCUT2D eigenvalue weighted by molar-refractivity contribution is -0.125. The minimum absolute atomic E-state index is 0.0148. The zero-order chi connectivity index (χ0) is 20.1. The van der Waals surface area contributed by atoms with Crippen LogP contribution in [0.3, 0.4) is 0 Å². The molecule has 0 radical (unpaired) electrons. The Balaban J connectivity index is 1.25. The summed E-state index contributed by atoms with van der Waals surface area (Å²) in [5.74, 6) is 0.0986. The molecule has 1 saturated carbocycles. The Kier molecular flexibility index (Phi) is 6.13. The molecule has 0 atom stereocenters. The number of nitrogens with zero attached hydrogens (tertiary/aromatic N) is 1. The van der Waals surface area contributed by atoms with E-state index in [0.29, 0.717) is 0 Å². The zero-order valence-electron chi connectivity index (χ0n) is 16.8. The van der Waals surface area contributed by atoms with Crippen molar-refractivity contribution in [2.45, 2.75) is 38.5 Å². The summed E-state index contributed by atoms with van der Waals surface area (Å²) >= 11 is 0. The third-order valence-corrected chi connectivity index (χ3v) is 6.12. The van der Waals surface area contributed by atoms with Crippen LogP contribution in [0.2, 0.25) is 0 Å². The molecular formula is C24H29N3O2. The topological polar surface area (TPSA) is 61.4 Å². The summed E-state index contributed by atoms with van der Waals surface area (Å²) in [7, 11) is 0. The third kappa shape index (κ3) is 4.97. The van der Waals surface area contributed by atoms with Crippen LogP contribution in [0.4, 0.5) is 17.1 Å². The van der Waals surface area contributed by atoms with Gasteiger partial charge in [-0.1, -0.05) is 18.2 Å². The predicted molar refractivity (Wildman–Crippen MR) is 117 cm³/mol. The molecule has 5 nitrogen and oxygen atoms in total. The van der Waals surface area contributed by atoms with Crippen molar-refractivity contribution >= 4 is 28.9 Å². The first-order valence-electron chi connectivity index (χ1n) is 10.7. The van der Waals surface area contributed by atoms with Gasteiger partial charge in [-0.2, -0.15) is 0 Å². The quantitative estimate of drug-likeness (QED) is 0.779. The summed E-state index contributed by atoms with van der Waals surface area (Å²) in [4.78, 5) is 27.5. The monoisotopic (exact) mass is 391 g/mol. The van der Waals surface area contributed by atoms with E-state index in [1.165, 1.54) is 18.5 Å². The third-order valence-electron chi connectivity index (χ3n) is 6.12. The maximum absolute atomic E-state index is 12.7. The standard InChI is InChI=1S/C24H29N3O2/c28-23(25-20-6-2-1-3-7-20)18-8-10-19(11-9-18)24(29)26-21-12-14-22(15-13-21)27-16-4-5-17-27/h1-3,6-7,12-15,18-19H,4-5,8-11,16-17H2,(H,25,28)(H,26,29). The molecule has 29 heavy (non-hydrogen) atoms. The molecule has 152 valence electrons. The highest BCUT2D eigenvalue weighted by Gasteiger charge is 2.30. The molecule has 2 aliphatic rings. The minimum Gasteiger partial charge on any atom is -0.372 e. The lowest BCUT2D eigenvalue weighted by Crippen LogP contribution is -2.32. The van der Waals surface area contributed by atoms with Crippen molar-refractivity contribution in [3.8, 4) is 0 Å². The highest BCUT2D eigenvalue weighted by molar-refractivity contribution is 5.94. The molecule has 2 fully saturated rings. The van der Waals surface area contributed by atoms with Crippen LogP contribution in [-0.2, 0) is 9.59 Å². The highest BCUT2D eigenvalue weighted by Crippen LogP contribution is 2.31. The number of hydrogen-bond acceptors (Lipinski definition) is 3. The van der Waals surface area contributed by atoms with Gasteiger partial charge < -0.3 is 15.5 Å². The van der Waals surface area contributed by atoms with E-state index in [2.05, 4.69) is 27.7 Å². The Morgan fingerprint density at radius 2 is 1.17 bits per heavy atom. The van der Waals surface area contributed by atoms with Gasteiger partial charge in [-0.05, 0) is 74.9 Å². The summed E-state index contributed by atoms with van der Waals surface area (Å²) in [5, 5.41) is 6.04. The van der Waals surface area contributed by atoms with Gasteiger partial charge in [0.25, 0.3) is 0 Å². The Bertz CT molecular complexity index is 821. The Labute approximate surface area is 172 Å². The summed E-state index contributed by atoms with van der Waals surface area (Å²) in [5.41, 5.74) is 2.90. The molecule has 4 rings (SSSR count). The van der Waals surface area contributed by atoms with Gasteiger partial charge in [0.1, 0.15) is 0 Å². The number of carbonyl (C=O) groups excluding carboxylic acids is 2. The average molecular weight is 392 g/mol. The van der Waals surface area contributed by atoms with Crippen LogP contribution in [0.1, 0.15) is 38.5 Å². The molecule has 0 bridgehead atoms. The van der Waals surface area contributed by atoms with Crippen LogP contribution < -0.4 is 15.5 Å². The Morgan fingerprint density at radius 1 is 0.690 bits per heavy atom. The molecule has 1 heterocycles. The van der Waals surface area contributed by atoms with Crippen LogP contribution >= 0.6 is 0 Å². The summed E-state index contributed by atoms with van der Waals surface area (Å²) < 4.78 is 0. The molecule has 0 aromatic heterocycles. The van der Waals surface area contributed by atoms with Gasteiger partial charge in [-0.15, -0.1) is 0 Å². The number of benzene rings is 2. The SMILES string of the molecule is O=C(Nc1ccccc1)C1CCC(C(=O)Nc2ccc(N3CCCC3)cc2)CC1. The van der Waals surface area contributed by atoms with Crippen molar-refractivity contribution in [3.63, 3.8) is 0 Å². The largest absolute Gasteiger partial charge is 0.372 e. The first-order chi connectivity index (χ1) is 14.2. The minimum atomic E-state index is -0.0194. The van der Waals surface area contributed by atoms with Gasteiger partial charge in [0, 0.05) is 42.0 Å². The first kappa shape index (κ1) is 19.5. The number of para-hydroxylation sites is 1. The molecule has 5 heteroatoms. The van der Waals surface area contributed by atoms with Crippen LogP contribution in [-0.4, -0.2) is 24.9 Å². The fourth-order valence-corrected chi connectivity index (χ4v) is 4.36. The molecule has 1 aliphatic carbocycles. The van der Waals surface area contributed by atoms with Crippen molar-refractivity contribution in [2.75, 3.05) is 28.6 Å². The fraction of sp³-hybridized carbons (Fsp3) is 0.417. The summed E-state index contributed by atoms with van der Waals surface area (Å²) in [6.45, 7) is 2.24. The van der Waals surface area contributed by atoms with E-state index < -0.39 is 0 Å². The van der Waals surface area contributed by atoms with E-state index in [0.717, 1.165) is 50.1 Å². The van der Waals surface area contributed by atoms with Crippen molar-refractivity contribution in [2.24, 2.45) is 11.8 Å². The number of hydrogen-bond donors (Lipinski definition) is 2. The Hall–Kier alpha value is -2.82. The van der Waals surface area contributed by atoms with Crippen LogP contribution in [0.15, 0.2) is 54.6 Å². The predicted octanol–water partition coefficient (Wildman–Crippen LogP) is 4.67. The van der Waals surface area contributed by atoms with E-state index in [4.69, 9.17) is 0 Å². The van der Waals surface area contributed by atoms with Crippen LogP contribution in [0.5, 0.6) is 0 Å². The van der Waals surface area contributed by atoms with E-state index in [-0.39, 0.29) is 23.7 Å². The highest BCUT2D eigenvalue weighted by atomic mass is 16.2. The lowest BCUT2D eigenvalue weighted by atomic mass is 9.81. The Morgan fingerprint density at radius 3 is 1.69 bits per heavy atom. The number of anilines is 3. The van der Waals surface area contributed by atoms with Gasteiger partial charge in [-0.3, -0.25) is 9.59 Å². The van der Waals surface area contributed by atoms with Gasteiger partial charge in [-0.25, -0.2) is 0 Å². The van der Waals surface area contributed by atoms with E-state index in [9.17, 15) is 9.59 Å². The van der Waals surface area contributed by atoms with Gasteiger partial charge in [0.2, 0.25) is 11.8 Å². The fourth-order valence-electron chi connectivity index (χ4n) is 4.36. The first-order valence-corrected chi connectivity index (χ1v) is 10.7. The normalized spacial score (nSPS) is 21.6. The van der Waals surface area contributed by atoms with Crippen LogP contribution in [0.25, 0.3) is 0 Å². The molecule has 2 aromatic carbocycles. The van der Waals surface area contributed by atoms with Crippen molar-refractivity contribution in [3.05, 3.63) is 54.6 Å². The molecule has 1 aliphatic heterocycles. The smallest absolute Gasteiger partial charge is 0.227 e. The molecule has 2 aromatic rings. The summed E-state index contributed by atoms with van der Waals surface area (Å²) in [6.07, 6.45) is 5.53. The van der Waals surface area contributed by atoms with Crippen molar-refractivity contribution in [1.82, 2.24) is 0 Å². The lowest BCUT2D eigenvalue weighted by Gasteiger charge is -2.27. The molecule has 0 spiro atoms. The molecule has 2 amide bonds. The summed E-state index contributed by atoms with van der Waals surface area (Å²) in [6, 6.07) is 17.7. The van der Waals surface area contributed by atoms with Crippen molar-refractivity contribution < 1.29 is 9.59 Å². The second-order valence-electron chi connectivity index (χ2n) is 8.13. The molecule has 2 N–H and O–H groups in total. The molecule has 1 saturated heterocycles. The second kappa shape index (κ2) is 9.12. The molecule has 0 unspecified atom stereocenters. The van der Waals surface area contributed by atoms with Gasteiger partial charge >= 0.3 is 0 Å². The number of nitrogens with one attached hydrogen (secondary N) is 2. The van der Waals surface area contributed by atoms with E-state index in [1.807, 2.05) is 42.5 Å². The second-order valence-corrected chi connectivity index (χ2v) is 8.13. The number of amides is 2. The average Bonchev–Trinajstić information content (AvgIpc) is 3.30.